The summed E-state index contributed by atoms with van der Waals surface area (Å²) in [4.78, 5) is 0. The molecule has 4 heteroatoms. The second-order valence-corrected chi connectivity index (χ2v) is 2.08. The van der Waals surface area contributed by atoms with Crippen LogP contribution in [0.5, 0.6) is 0 Å². The first kappa shape index (κ1) is 10.9. The molecule has 0 atom stereocenters. The maximum atomic E-state index is 5.31. The van der Waals surface area contributed by atoms with Gasteiger partial charge in [0.2, 0.25) is 0 Å². The molecule has 1 rings (SSSR count). The monoisotopic (exact) mass is 168 g/mol. The van der Waals surface area contributed by atoms with Gasteiger partial charge in [-0.05, 0) is 12.1 Å². The van der Waals surface area contributed by atoms with Crippen LogP contribution in [0.2, 0.25) is 0 Å². The highest BCUT2D eigenvalue weighted by atomic mass is 15.0. The number of hydrogen-bond donors (Lipinski definition) is 4. The second-order valence-electron chi connectivity index (χ2n) is 2.08. The first-order valence-corrected chi connectivity index (χ1v) is 3.76. The van der Waals surface area contributed by atoms with Crippen molar-refractivity contribution < 1.29 is 0 Å². The molecule has 0 bridgehead atoms. The lowest BCUT2D eigenvalue weighted by Gasteiger charge is -2.01. The Labute approximate surface area is 72.7 Å². The summed E-state index contributed by atoms with van der Waals surface area (Å²) < 4.78 is 0. The van der Waals surface area contributed by atoms with E-state index in [1.807, 2.05) is 30.3 Å². The van der Waals surface area contributed by atoms with Crippen molar-refractivity contribution in [2.45, 2.75) is 0 Å². The summed E-state index contributed by atoms with van der Waals surface area (Å²) in [6.45, 7) is 1.51. The third-order valence-electron chi connectivity index (χ3n) is 1.25. The van der Waals surface area contributed by atoms with Gasteiger partial charge in [0.1, 0.15) is 0 Å². The molecule has 7 N–H and O–H groups in total. The quantitative estimate of drug-likeness (QED) is 0.374. The summed E-state index contributed by atoms with van der Waals surface area (Å²) in [7, 11) is 0. The largest absolute Gasteiger partial charge is 0.384 e. The summed E-state index contributed by atoms with van der Waals surface area (Å²) in [5.74, 6) is 8.00. The predicted octanol–water partition coefficient (Wildman–Crippen LogP) is -0.124. The van der Waals surface area contributed by atoms with E-state index in [0.29, 0.717) is 6.54 Å². The molecule has 0 spiro atoms. The molecule has 0 saturated heterocycles. The van der Waals surface area contributed by atoms with E-state index in [-0.39, 0.29) is 0 Å². The zero-order valence-electron chi connectivity index (χ0n) is 7.03. The van der Waals surface area contributed by atoms with Crippen molar-refractivity contribution >= 4 is 5.69 Å². The molecule has 0 heterocycles. The molecule has 1 aromatic rings. The van der Waals surface area contributed by atoms with E-state index < -0.39 is 0 Å². The summed E-state index contributed by atoms with van der Waals surface area (Å²) in [5.41, 5.74) is 6.45. The van der Waals surface area contributed by atoms with Crippen molar-refractivity contribution in [2.24, 2.45) is 17.4 Å². The highest BCUT2D eigenvalue weighted by Gasteiger charge is 1.84. The van der Waals surface area contributed by atoms with Crippen LogP contribution >= 0.6 is 0 Å². The molecule has 0 aromatic heterocycles. The number of hydrogen-bond acceptors (Lipinski definition) is 4. The Morgan fingerprint density at radius 1 is 1.08 bits per heavy atom. The van der Waals surface area contributed by atoms with Crippen LogP contribution in [0.15, 0.2) is 30.3 Å². The van der Waals surface area contributed by atoms with Gasteiger partial charge in [-0.25, -0.2) is 0 Å². The smallest absolute Gasteiger partial charge is 0.0340 e. The Bertz CT molecular complexity index is 176. The molecule has 12 heavy (non-hydrogen) atoms. The normalized spacial score (nSPS) is 8.25. The van der Waals surface area contributed by atoms with Gasteiger partial charge in [0.15, 0.2) is 0 Å². The minimum absolute atomic E-state index is 0.675. The number of hydrazine groups is 1. The van der Waals surface area contributed by atoms with Crippen LogP contribution in [-0.4, -0.2) is 13.1 Å². The van der Waals surface area contributed by atoms with Crippen LogP contribution < -0.4 is 22.7 Å². The molecule has 0 fully saturated rings. The Balaban J connectivity index is 0.000000561. The fourth-order valence-corrected chi connectivity index (χ4v) is 0.773. The third-order valence-corrected chi connectivity index (χ3v) is 1.25. The lowest BCUT2D eigenvalue weighted by Crippen LogP contribution is -2.12. The molecule has 4 nitrogen and oxygen atoms in total. The van der Waals surface area contributed by atoms with Crippen LogP contribution in [0.25, 0.3) is 0 Å². The zero-order valence-corrected chi connectivity index (χ0v) is 7.03. The Morgan fingerprint density at radius 3 is 2.17 bits per heavy atom. The molecule has 0 radical (unpaired) electrons. The summed E-state index contributed by atoms with van der Waals surface area (Å²) in [5, 5.41) is 3.17. The van der Waals surface area contributed by atoms with Crippen LogP contribution in [0.4, 0.5) is 5.69 Å². The number of rotatable bonds is 3. The number of nitrogens with two attached hydrogens (primary N) is 3. The first-order valence-electron chi connectivity index (χ1n) is 3.76. The molecule has 0 unspecified atom stereocenters. The van der Waals surface area contributed by atoms with Crippen LogP contribution in [-0.2, 0) is 0 Å². The van der Waals surface area contributed by atoms with Crippen molar-refractivity contribution in [3.05, 3.63) is 30.3 Å². The molecule has 68 valence electrons. The number of nitrogens with one attached hydrogen (secondary N) is 1. The van der Waals surface area contributed by atoms with E-state index in [1.165, 1.54) is 0 Å². The Hall–Kier alpha value is -1.10. The van der Waals surface area contributed by atoms with Gasteiger partial charge < -0.3 is 11.1 Å². The van der Waals surface area contributed by atoms with Crippen LogP contribution in [0, 0.1) is 0 Å². The molecular weight excluding hydrogens is 152 g/mol. The van der Waals surface area contributed by atoms with Gasteiger partial charge in [0.05, 0.1) is 0 Å². The second kappa shape index (κ2) is 8.00. The topological polar surface area (TPSA) is 90.1 Å². The summed E-state index contributed by atoms with van der Waals surface area (Å²) in [6, 6.07) is 10.0. The van der Waals surface area contributed by atoms with E-state index in [9.17, 15) is 0 Å². The minimum Gasteiger partial charge on any atom is -0.384 e. The van der Waals surface area contributed by atoms with E-state index in [1.54, 1.807) is 0 Å². The van der Waals surface area contributed by atoms with E-state index in [4.69, 9.17) is 5.73 Å². The lowest BCUT2D eigenvalue weighted by molar-refractivity contribution is 1.02. The maximum absolute atomic E-state index is 5.31. The summed E-state index contributed by atoms with van der Waals surface area (Å²) >= 11 is 0. The molecule has 0 aliphatic carbocycles. The van der Waals surface area contributed by atoms with Gasteiger partial charge in [0.25, 0.3) is 0 Å². The average molecular weight is 168 g/mol. The fourth-order valence-electron chi connectivity index (χ4n) is 0.773. The molecule has 1 aromatic carbocycles. The van der Waals surface area contributed by atoms with Gasteiger partial charge in [-0.15, -0.1) is 0 Å². The number of para-hydroxylation sites is 1. The van der Waals surface area contributed by atoms with E-state index in [0.717, 1.165) is 12.2 Å². The summed E-state index contributed by atoms with van der Waals surface area (Å²) in [6.07, 6.45) is 0. The van der Waals surface area contributed by atoms with Crippen molar-refractivity contribution in [1.29, 1.82) is 0 Å². The van der Waals surface area contributed by atoms with Gasteiger partial charge >= 0.3 is 0 Å². The average Bonchev–Trinajstić information content (AvgIpc) is 2.19. The van der Waals surface area contributed by atoms with Gasteiger partial charge in [-0.3, -0.25) is 11.7 Å². The van der Waals surface area contributed by atoms with Crippen LogP contribution in [0.1, 0.15) is 0 Å². The van der Waals surface area contributed by atoms with Crippen molar-refractivity contribution in [1.82, 2.24) is 0 Å². The van der Waals surface area contributed by atoms with E-state index >= 15 is 0 Å². The number of benzene rings is 1. The molecule has 0 aliphatic rings. The third kappa shape index (κ3) is 4.68. The van der Waals surface area contributed by atoms with Crippen molar-refractivity contribution in [3.63, 3.8) is 0 Å². The predicted molar refractivity (Wildman–Crippen MR) is 52.4 cm³/mol. The number of anilines is 1. The molecule has 0 aliphatic heterocycles. The lowest BCUT2D eigenvalue weighted by atomic mass is 10.3. The SMILES string of the molecule is NCCNc1ccccc1.NN. The van der Waals surface area contributed by atoms with Gasteiger partial charge in [-0.1, -0.05) is 18.2 Å². The highest BCUT2D eigenvalue weighted by molar-refractivity contribution is 5.42. The van der Waals surface area contributed by atoms with Gasteiger partial charge in [0, 0.05) is 18.8 Å². The molecule has 0 saturated carbocycles. The maximum Gasteiger partial charge on any atom is 0.0340 e. The molecule has 0 amide bonds. The Morgan fingerprint density at radius 2 is 1.67 bits per heavy atom. The van der Waals surface area contributed by atoms with E-state index in [2.05, 4.69) is 17.0 Å². The first-order chi connectivity index (χ1) is 5.93. The Kier molecular flexibility index (Phi) is 7.27. The van der Waals surface area contributed by atoms with Crippen molar-refractivity contribution in [2.75, 3.05) is 18.4 Å². The highest BCUT2D eigenvalue weighted by Crippen LogP contribution is 2.02. The zero-order chi connectivity index (χ0) is 9.23. The van der Waals surface area contributed by atoms with Gasteiger partial charge in [-0.2, -0.15) is 0 Å². The van der Waals surface area contributed by atoms with Crippen molar-refractivity contribution in [3.8, 4) is 0 Å². The fraction of sp³-hybridized carbons (Fsp3) is 0.250. The molecular formula is C8H16N4. The minimum atomic E-state index is 0.675. The standard InChI is InChI=1S/C8H12N2.H4N2/c9-6-7-10-8-4-2-1-3-5-8;1-2/h1-5,10H,6-7,9H2;1-2H2. The van der Waals surface area contributed by atoms with Crippen LogP contribution in [0.3, 0.4) is 0 Å².